The monoisotopic (exact) mass is 653 g/mol. The Morgan fingerprint density at radius 2 is 1.25 bits per heavy atom. The predicted molar refractivity (Wildman–Crippen MR) is 206 cm³/mol. The summed E-state index contributed by atoms with van der Waals surface area (Å²) in [5.74, 6) is 0. The molecule has 0 saturated carbocycles. The summed E-state index contributed by atoms with van der Waals surface area (Å²) in [5.41, 5.74) is 13.6. The minimum absolute atomic E-state index is 0.183. The van der Waals surface area contributed by atoms with Gasteiger partial charge in [-0.1, -0.05) is 92.7 Å². The molecule has 0 aliphatic carbocycles. The van der Waals surface area contributed by atoms with Crippen LogP contribution in [0.2, 0.25) is 0 Å². The van der Waals surface area contributed by atoms with Crippen LogP contribution in [0, 0.1) is 22.7 Å². The van der Waals surface area contributed by atoms with Gasteiger partial charge in [0, 0.05) is 40.0 Å². The normalized spacial score (nSPS) is 13.0. The van der Waals surface area contributed by atoms with Gasteiger partial charge >= 0.3 is 0 Å². The zero-order valence-electron chi connectivity index (χ0n) is 28.2. The fraction of sp³-hybridized carbons (Fsp3) is 0.0652. The first kappa shape index (κ1) is 30.1. The van der Waals surface area contributed by atoms with Gasteiger partial charge in [-0.2, -0.15) is 10.5 Å². The molecule has 0 N–H and O–H groups in total. The molecule has 0 spiro atoms. The third-order valence-electron chi connectivity index (χ3n) is 10.3. The van der Waals surface area contributed by atoms with Crippen molar-refractivity contribution in [3.05, 3.63) is 174 Å². The summed E-state index contributed by atoms with van der Waals surface area (Å²) in [5, 5.41) is 21.7. The summed E-state index contributed by atoms with van der Waals surface area (Å²) in [6.07, 6.45) is 3.81. The van der Waals surface area contributed by atoms with E-state index in [9.17, 15) is 10.5 Å². The van der Waals surface area contributed by atoms with Crippen molar-refractivity contribution in [1.82, 2.24) is 9.55 Å². The molecular formula is C46H31N5. The van der Waals surface area contributed by atoms with E-state index in [1.54, 1.807) is 12.1 Å². The van der Waals surface area contributed by atoms with Crippen LogP contribution < -0.4 is 4.90 Å². The van der Waals surface area contributed by atoms with E-state index in [1.807, 2.05) is 30.6 Å². The van der Waals surface area contributed by atoms with Crippen molar-refractivity contribution in [2.24, 2.45) is 0 Å². The average molecular weight is 654 g/mol. The Hall–Kier alpha value is -6.95. The largest absolute Gasteiger partial charge is 0.310 e. The lowest BCUT2D eigenvalue weighted by Gasteiger charge is -2.42. The highest BCUT2D eigenvalue weighted by Crippen LogP contribution is 2.52. The number of anilines is 3. The van der Waals surface area contributed by atoms with Gasteiger partial charge in [0.15, 0.2) is 0 Å². The first-order valence-electron chi connectivity index (χ1n) is 17.0. The fourth-order valence-corrected chi connectivity index (χ4v) is 7.89. The summed E-state index contributed by atoms with van der Waals surface area (Å²) in [4.78, 5) is 6.89. The van der Waals surface area contributed by atoms with Gasteiger partial charge in [-0.25, -0.2) is 0 Å². The molecule has 5 nitrogen and oxygen atoms in total. The number of nitriles is 2. The number of nitrogens with zero attached hydrogens (tertiary/aromatic N) is 5. The SMILES string of the molecule is CC1(C)c2ccccc2N(c2cc(-c3cccc(-c4ccc(C#N)cc4C#N)c3)cc(-n3c4ccccc4c4cnccc43)c2)c2ccccc21. The molecular weight excluding hydrogens is 623 g/mol. The third-order valence-corrected chi connectivity index (χ3v) is 10.3. The van der Waals surface area contributed by atoms with Crippen LogP contribution in [0.1, 0.15) is 36.1 Å². The second-order valence-corrected chi connectivity index (χ2v) is 13.5. The molecule has 0 unspecified atom stereocenters. The van der Waals surface area contributed by atoms with E-state index < -0.39 is 0 Å². The smallest absolute Gasteiger partial charge is 0.0998 e. The van der Waals surface area contributed by atoms with Crippen molar-refractivity contribution in [3.63, 3.8) is 0 Å². The van der Waals surface area contributed by atoms with Gasteiger partial charge in [-0.15, -0.1) is 0 Å². The minimum Gasteiger partial charge on any atom is -0.310 e. The van der Waals surface area contributed by atoms with E-state index in [0.29, 0.717) is 11.1 Å². The van der Waals surface area contributed by atoms with Gasteiger partial charge in [0.05, 0.1) is 45.7 Å². The lowest BCUT2D eigenvalue weighted by Crippen LogP contribution is -2.30. The standard InChI is InChI=1S/C46H31N5/c1-46(2)40-13-4-7-16-44(40)51(45-17-8-5-14-41(45)46)36-25-33(31-10-9-11-32(23-31)37-19-18-30(27-47)22-34(37)28-48)24-35(26-36)50-42-15-6-3-12-38(42)39-29-49-21-20-43(39)50/h3-26,29H,1-2H3. The minimum atomic E-state index is -0.183. The van der Waals surface area contributed by atoms with Crippen LogP contribution in [0.25, 0.3) is 49.7 Å². The molecule has 1 aliphatic heterocycles. The van der Waals surface area contributed by atoms with E-state index in [1.165, 1.54) is 11.1 Å². The molecule has 240 valence electrons. The highest BCUT2D eigenvalue weighted by atomic mass is 15.2. The van der Waals surface area contributed by atoms with E-state index in [2.05, 4.69) is 150 Å². The van der Waals surface area contributed by atoms with Crippen molar-refractivity contribution in [1.29, 1.82) is 10.5 Å². The van der Waals surface area contributed by atoms with Crippen LogP contribution in [-0.4, -0.2) is 9.55 Å². The molecule has 0 amide bonds. The average Bonchev–Trinajstić information content (AvgIpc) is 3.52. The van der Waals surface area contributed by atoms with Gasteiger partial charge < -0.3 is 9.47 Å². The molecule has 3 heterocycles. The molecule has 1 aliphatic rings. The van der Waals surface area contributed by atoms with Crippen molar-refractivity contribution in [3.8, 4) is 40.1 Å². The molecule has 9 rings (SSSR count). The first-order chi connectivity index (χ1) is 25.0. The number of pyridine rings is 1. The summed E-state index contributed by atoms with van der Waals surface area (Å²) in [7, 11) is 0. The number of hydrogen-bond acceptors (Lipinski definition) is 4. The van der Waals surface area contributed by atoms with E-state index in [4.69, 9.17) is 0 Å². The molecule has 0 fully saturated rings. The van der Waals surface area contributed by atoms with Crippen LogP contribution in [0.15, 0.2) is 152 Å². The molecule has 8 aromatic rings. The van der Waals surface area contributed by atoms with Crippen LogP contribution in [0.4, 0.5) is 17.1 Å². The van der Waals surface area contributed by atoms with Gasteiger partial charge in [-0.05, 0) is 94.0 Å². The maximum absolute atomic E-state index is 10.0. The Kier molecular flexibility index (Phi) is 6.85. The number of fused-ring (bicyclic) bond motifs is 5. The molecule has 0 saturated heterocycles. The summed E-state index contributed by atoms with van der Waals surface area (Å²) < 4.78 is 2.34. The Morgan fingerprint density at radius 3 is 2.02 bits per heavy atom. The number of benzene rings is 6. The molecule has 51 heavy (non-hydrogen) atoms. The van der Waals surface area contributed by atoms with Gasteiger partial charge in [0.2, 0.25) is 0 Å². The highest BCUT2D eigenvalue weighted by Gasteiger charge is 2.36. The van der Waals surface area contributed by atoms with E-state index in [0.717, 1.165) is 66.8 Å². The second-order valence-electron chi connectivity index (χ2n) is 13.5. The molecule has 6 aromatic carbocycles. The van der Waals surface area contributed by atoms with Crippen LogP contribution >= 0.6 is 0 Å². The number of hydrogen-bond donors (Lipinski definition) is 0. The summed E-state index contributed by atoms with van der Waals surface area (Å²) in [6.45, 7) is 4.61. The van der Waals surface area contributed by atoms with Gasteiger partial charge in [0.1, 0.15) is 0 Å². The highest BCUT2D eigenvalue weighted by molar-refractivity contribution is 6.09. The Morgan fingerprint density at radius 1 is 0.569 bits per heavy atom. The Labute approximate surface area is 296 Å². The second kappa shape index (κ2) is 11.6. The summed E-state index contributed by atoms with van der Waals surface area (Å²) >= 11 is 0. The maximum Gasteiger partial charge on any atom is 0.0998 e. The lowest BCUT2D eigenvalue weighted by molar-refractivity contribution is 0.632. The van der Waals surface area contributed by atoms with Crippen molar-refractivity contribution < 1.29 is 0 Å². The van der Waals surface area contributed by atoms with Crippen LogP contribution in [0.5, 0.6) is 0 Å². The van der Waals surface area contributed by atoms with E-state index >= 15 is 0 Å². The van der Waals surface area contributed by atoms with Crippen molar-refractivity contribution in [2.45, 2.75) is 19.3 Å². The Balaban J connectivity index is 1.33. The summed E-state index contributed by atoms with van der Waals surface area (Å²) in [6, 6.07) is 52.9. The van der Waals surface area contributed by atoms with Crippen molar-refractivity contribution >= 4 is 38.9 Å². The number of para-hydroxylation sites is 3. The molecule has 0 radical (unpaired) electrons. The topological polar surface area (TPSA) is 68.6 Å². The zero-order chi connectivity index (χ0) is 34.7. The quantitative estimate of drug-likeness (QED) is 0.190. The molecule has 5 heteroatoms. The third kappa shape index (κ3) is 4.71. The number of rotatable bonds is 4. The van der Waals surface area contributed by atoms with E-state index in [-0.39, 0.29) is 5.41 Å². The molecule has 2 aromatic heterocycles. The Bertz CT molecular complexity index is 2670. The van der Waals surface area contributed by atoms with Crippen LogP contribution in [-0.2, 0) is 5.41 Å². The van der Waals surface area contributed by atoms with Gasteiger partial charge in [-0.3, -0.25) is 4.98 Å². The zero-order valence-corrected chi connectivity index (χ0v) is 28.2. The van der Waals surface area contributed by atoms with Crippen molar-refractivity contribution in [2.75, 3.05) is 4.90 Å². The molecule has 0 atom stereocenters. The molecule has 0 bridgehead atoms. The van der Waals surface area contributed by atoms with Gasteiger partial charge in [0.25, 0.3) is 0 Å². The van der Waals surface area contributed by atoms with Crippen LogP contribution in [0.3, 0.4) is 0 Å². The lowest BCUT2D eigenvalue weighted by atomic mass is 9.73. The first-order valence-corrected chi connectivity index (χ1v) is 17.0. The predicted octanol–water partition coefficient (Wildman–Crippen LogP) is 11.4. The maximum atomic E-state index is 10.0. The fourth-order valence-electron chi connectivity index (χ4n) is 7.89. The number of aromatic nitrogens is 2.